The predicted molar refractivity (Wildman–Crippen MR) is 75.1 cm³/mol. The molecule has 0 spiro atoms. The first-order valence-electron chi connectivity index (χ1n) is 6.30. The Bertz CT molecular complexity index is 487. The third-order valence-corrected chi connectivity index (χ3v) is 3.00. The molecule has 2 rings (SSSR count). The van der Waals surface area contributed by atoms with Crippen LogP contribution in [0.25, 0.3) is 10.9 Å². The fourth-order valence-corrected chi connectivity index (χ4v) is 2.17. The molecule has 4 heteroatoms. The number of rotatable bonds is 6. The highest BCUT2D eigenvalue weighted by atomic mass is 15.1. The van der Waals surface area contributed by atoms with Crippen LogP contribution in [0, 0.1) is 0 Å². The van der Waals surface area contributed by atoms with E-state index >= 15 is 0 Å². The zero-order valence-electron chi connectivity index (χ0n) is 10.5. The Morgan fingerprint density at radius 3 is 2.44 bits per heavy atom. The van der Waals surface area contributed by atoms with E-state index in [4.69, 9.17) is 11.5 Å². The van der Waals surface area contributed by atoms with E-state index in [0.717, 1.165) is 25.2 Å². The van der Waals surface area contributed by atoms with Gasteiger partial charge in [0.1, 0.15) is 0 Å². The Hall–Kier alpha value is -1.49. The standard InChI is InChI=1S/C14H20N4/c15-6-9-18(10-7-16)11-13-4-1-3-12-5-2-8-17-14(12)13/h1-5,8H,6-7,9-11,15-16H2. The second kappa shape index (κ2) is 6.44. The van der Waals surface area contributed by atoms with Crippen LogP contribution in [-0.2, 0) is 6.54 Å². The van der Waals surface area contributed by atoms with Gasteiger partial charge in [-0.05, 0) is 11.6 Å². The molecule has 0 saturated heterocycles. The first kappa shape index (κ1) is 13.0. The van der Waals surface area contributed by atoms with Crippen molar-refractivity contribution in [3.8, 4) is 0 Å². The summed E-state index contributed by atoms with van der Waals surface area (Å²) >= 11 is 0. The monoisotopic (exact) mass is 244 g/mol. The van der Waals surface area contributed by atoms with Crippen LogP contribution in [0.2, 0.25) is 0 Å². The molecule has 18 heavy (non-hydrogen) atoms. The minimum Gasteiger partial charge on any atom is -0.329 e. The van der Waals surface area contributed by atoms with Crippen molar-refractivity contribution in [2.45, 2.75) is 6.54 Å². The van der Waals surface area contributed by atoms with Crippen LogP contribution >= 0.6 is 0 Å². The van der Waals surface area contributed by atoms with E-state index in [1.807, 2.05) is 12.3 Å². The summed E-state index contributed by atoms with van der Waals surface area (Å²) in [4.78, 5) is 6.73. The lowest BCUT2D eigenvalue weighted by atomic mass is 10.1. The minimum absolute atomic E-state index is 0.651. The molecule has 0 saturated carbocycles. The van der Waals surface area contributed by atoms with Gasteiger partial charge in [-0.25, -0.2) is 0 Å². The molecule has 2 aromatic rings. The Kier molecular flexibility index (Phi) is 4.64. The van der Waals surface area contributed by atoms with Crippen molar-refractivity contribution < 1.29 is 0 Å². The normalized spacial score (nSPS) is 11.3. The van der Waals surface area contributed by atoms with Crippen molar-refractivity contribution in [1.29, 1.82) is 0 Å². The molecule has 0 radical (unpaired) electrons. The van der Waals surface area contributed by atoms with Crippen LogP contribution in [0.4, 0.5) is 0 Å². The summed E-state index contributed by atoms with van der Waals surface area (Å²) < 4.78 is 0. The van der Waals surface area contributed by atoms with E-state index < -0.39 is 0 Å². The molecule has 0 aliphatic heterocycles. The fourth-order valence-electron chi connectivity index (χ4n) is 2.17. The van der Waals surface area contributed by atoms with Crippen LogP contribution < -0.4 is 11.5 Å². The molecule has 0 amide bonds. The van der Waals surface area contributed by atoms with Gasteiger partial charge in [-0.2, -0.15) is 0 Å². The molecule has 1 aromatic heterocycles. The molecule has 0 fully saturated rings. The number of nitrogens with two attached hydrogens (primary N) is 2. The fraction of sp³-hybridized carbons (Fsp3) is 0.357. The quantitative estimate of drug-likeness (QED) is 0.794. The predicted octanol–water partition coefficient (Wildman–Crippen LogP) is 0.954. The van der Waals surface area contributed by atoms with Gasteiger partial charge in [0.15, 0.2) is 0 Å². The van der Waals surface area contributed by atoms with Gasteiger partial charge in [-0.15, -0.1) is 0 Å². The zero-order chi connectivity index (χ0) is 12.8. The lowest BCUT2D eigenvalue weighted by molar-refractivity contribution is 0.281. The van der Waals surface area contributed by atoms with Gasteiger partial charge in [0.05, 0.1) is 5.52 Å². The number of hydrogen-bond acceptors (Lipinski definition) is 4. The number of hydrogen-bond donors (Lipinski definition) is 2. The maximum absolute atomic E-state index is 5.63. The van der Waals surface area contributed by atoms with Crippen molar-refractivity contribution >= 4 is 10.9 Å². The van der Waals surface area contributed by atoms with E-state index in [9.17, 15) is 0 Å². The molecular formula is C14H20N4. The molecule has 96 valence electrons. The molecule has 0 bridgehead atoms. The Morgan fingerprint density at radius 2 is 1.72 bits per heavy atom. The number of pyridine rings is 1. The molecule has 4 nitrogen and oxygen atoms in total. The van der Waals surface area contributed by atoms with Gasteiger partial charge in [0, 0.05) is 44.3 Å². The molecule has 0 atom stereocenters. The smallest absolute Gasteiger partial charge is 0.0746 e. The van der Waals surface area contributed by atoms with Gasteiger partial charge in [-0.1, -0.05) is 24.3 Å². The molecule has 0 aliphatic carbocycles. The van der Waals surface area contributed by atoms with E-state index in [2.05, 4.69) is 34.1 Å². The Labute approximate surface area is 108 Å². The molecule has 0 unspecified atom stereocenters. The molecule has 0 aliphatic rings. The Morgan fingerprint density at radius 1 is 1.00 bits per heavy atom. The third-order valence-electron chi connectivity index (χ3n) is 3.00. The van der Waals surface area contributed by atoms with Crippen LogP contribution in [0.15, 0.2) is 36.5 Å². The SMILES string of the molecule is NCCN(CCN)Cc1cccc2cccnc12. The number of para-hydroxylation sites is 1. The highest BCUT2D eigenvalue weighted by Crippen LogP contribution is 2.17. The number of nitrogens with zero attached hydrogens (tertiary/aromatic N) is 2. The molecular weight excluding hydrogens is 224 g/mol. The van der Waals surface area contributed by atoms with Crippen molar-refractivity contribution in [3.05, 3.63) is 42.1 Å². The highest BCUT2D eigenvalue weighted by molar-refractivity contribution is 5.81. The van der Waals surface area contributed by atoms with E-state index in [1.54, 1.807) is 0 Å². The lowest BCUT2D eigenvalue weighted by Crippen LogP contribution is -2.33. The van der Waals surface area contributed by atoms with Gasteiger partial charge >= 0.3 is 0 Å². The average molecular weight is 244 g/mol. The van der Waals surface area contributed by atoms with Crippen molar-refractivity contribution in [3.63, 3.8) is 0 Å². The van der Waals surface area contributed by atoms with Gasteiger partial charge < -0.3 is 11.5 Å². The summed E-state index contributed by atoms with van der Waals surface area (Å²) in [5.41, 5.74) is 13.6. The van der Waals surface area contributed by atoms with Crippen LogP contribution in [0.1, 0.15) is 5.56 Å². The van der Waals surface area contributed by atoms with Crippen molar-refractivity contribution in [1.82, 2.24) is 9.88 Å². The lowest BCUT2D eigenvalue weighted by Gasteiger charge is -2.21. The first-order chi connectivity index (χ1) is 8.85. The summed E-state index contributed by atoms with van der Waals surface area (Å²) in [6, 6.07) is 10.3. The van der Waals surface area contributed by atoms with E-state index in [1.165, 1.54) is 10.9 Å². The topological polar surface area (TPSA) is 68.2 Å². The minimum atomic E-state index is 0.651. The largest absolute Gasteiger partial charge is 0.329 e. The second-order valence-corrected chi connectivity index (χ2v) is 4.35. The maximum Gasteiger partial charge on any atom is 0.0746 e. The van der Waals surface area contributed by atoms with Crippen LogP contribution in [0.5, 0.6) is 0 Å². The third kappa shape index (κ3) is 3.04. The molecule has 1 heterocycles. The number of benzene rings is 1. The van der Waals surface area contributed by atoms with Crippen LogP contribution in [-0.4, -0.2) is 36.1 Å². The first-order valence-corrected chi connectivity index (χ1v) is 6.30. The van der Waals surface area contributed by atoms with Gasteiger partial charge in [0.25, 0.3) is 0 Å². The summed E-state index contributed by atoms with van der Waals surface area (Å²) in [6.45, 7) is 3.87. The second-order valence-electron chi connectivity index (χ2n) is 4.35. The van der Waals surface area contributed by atoms with Crippen molar-refractivity contribution in [2.24, 2.45) is 11.5 Å². The average Bonchev–Trinajstić information content (AvgIpc) is 2.40. The summed E-state index contributed by atoms with van der Waals surface area (Å²) in [6.07, 6.45) is 1.84. The van der Waals surface area contributed by atoms with E-state index in [-0.39, 0.29) is 0 Å². The summed E-state index contributed by atoms with van der Waals surface area (Å²) in [7, 11) is 0. The number of fused-ring (bicyclic) bond motifs is 1. The van der Waals surface area contributed by atoms with Crippen molar-refractivity contribution in [2.75, 3.05) is 26.2 Å². The summed E-state index contributed by atoms with van der Waals surface area (Å²) in [5, 5.41) is 1.18. The highest BCUT2D eigenvalue weighted by Gasteiger charge is 2.07. The van der Waals surface area contributed by atoms with Gasteiger partial charge in [0.2, 0.25) is 0 Å². The Balaban J connectivity index is 2.24. The van der Waals surface area contributed by atoms with E-state index in [0.29, 0.717) is 13.1 Å². The zero-order valence-corrected chi connectivity index (χ0v) is 10.5. The number of aromatic nitrogens is 1. The van der Waals surface area contributed by atoms with Crippen LogP contribution in [0.3, 0.4) is 0 Å². The molecule has 4 N–H and O–H groups in total. The van der Waals surface area contributed by atoms with Gasteiger partial charge in [-0.3, -0.25) is 9.88 Å². The maximum atomic E-state index is 5.63. The summed E-state index contributed by atoms with van der Waals surface area (Å²) in [5.74, 6) is 0. The molecule has 1 aromatic carbocycles.